The quantitative estimate of drug-likeness (QED) is 0.715. The van der Waals surface area contributed by atoms with Crippen LogP contribution in [0.1, 0.15) is 22.3 Å². The average molecular weight is 304 g/mol. The molecule has 2 nitrogen and oxygen atoms in total. The highest BCUT2D eigenvalue weighted by molar-refractivity contribution is 5.68. The van der Waals surface area contributed by atoms with E-state index in [-0.39, 0.29) is 0 Å². The highest BCUT2D eigenvalue weighted by Gasteiger charge is 2.34. The fraction of sp³-hybridized carbons (Fsp3) is 0.294. The topological polar surface area (TPSA) is 6.48 Å². The molecule has 0 aromatic heterocycles. The van der Waals surface area contributed by atoms with Crippen molar-refractivity contribution in [3.63, 3.8) is 0 Å². The van der Waals surface area contributed by atoms with Crippen LogP contribution in [0, 0.1) is 6.92 Å². The maximum absolute atomic E-state index is 12.9. The smallest absolute Gasteiger partial charge is 0.349 e. The van der Waals surface area contributed by atoms with Gasteiger partial charge in [0.05, 0.1) is 12.2 Å². The minimum absolute atomic E-state index is 0.520. The first-order chi connectivity index (χ1) is 10.4. The van der Waals surface area contributed by atoms with Crippen LogP contribution in [0.25, 0.3) is 0 Å². The Morgan fingerprint density at radius 2 is 1.45 bits per heavy atom. The van der Waals surface area contributed by atoms with Crippen molar-refractivity contribution < 1.29 is 13.2 Å². The van der Waals surface area contributed by atoms with Crippen LogP contribution in [0.4, 0.5) is 24.5 Å². The van der Waals surface area contributed by atoms with Gasteiger partial charge < -0.3 is 9.80 Å². The Bertz CT molecular complexity index is 752. The molecule has 2 aliphatic rings. The number of alkyl halides is 3. The first-order valence-corrected chi connectivity index (χ1v) is 7.21. The molecule has 0 amide bonds. The molecular weight excluding hydrogens is 289 g/mol. The van der Waals surface area contributed by atoms with E-state index in [2.05, 4.69) is 34.9 Å². The van der Waals surface area contributed by atoms with Gasteiger partial charge in [-0.15, -0.1) is 0 Å². The largest absolute Gasteiger partial charge is 0.416 e. The lowest BCUT2D eigenvalue weighted by Gasteiger charge is -2.45. The third kappa shape index (κ3) is 2.03. The summed E-state index contributed by atoms with van der Waals surface area (Å²) in [5, 5.41) is 0. The zero-order valence-corrected chi connectivity index (χ0v) is 12.1. The van der Waals surface area contributed by atoms with Crippen LogP contribution in [0.2, 0.25) is 0 Å². The number of anilines is 2. The van der Waals surface area contributed by atoms with Crippen LogP contribution >= 0.6 is 0 Å². The average Bonchev–Trinajstić information content (AvgIpc) is 2.45. The minimum atomic E-state index is -4.29. The van der Waals surface area contributed by atoms with Crippen molar-refractivity contribution >= 4 is 11.4 Å². The SMILES string of the molecule is Cc1ccc2c(c1)CN1CN2Cc2cc(C(F)(F)F)ccc21. The molecule has 0 atom stereocenters. The van der Waals surface area contributed by atoms with Crippen LogP contribution in [0.15, 0.2) is 36.4 Å². The van der Waals surface area contributed by atoms with E-state index >= 15 is 0 Å². The lowest BCUT2D eigenvalue weighted by atomic mass is 9.99. The van der Waals surface area contributed by atoms with Gasteiger partial charge >= 0.3 is 6.18 Å². The van der Waals surface area contributed by atoms with E-state index < -0.39 is 11.7 Å². The fourth-order valence-corrected chi connectivity index (χ4v) is 3.39. The summed E-state index contributed by atoms with van der Waals surface area (Å²) in [5.41, 5.74) is 4.65. The van der Waals surface area contributed by atoms with Gasteiger partial charge in [0.2, 0.25) is 0 Å². The predicted octanol–water partition coefficient (Wildman–Crippen LogP) is 4.31. The summed E-state index contributed by atoms with van der Waals surface area (Å²) in [6.07, 6.45) is -4.29. The highest BCUT2D eigenvalue weighted by Crippen LogP contribution is 2.40. The molecule has 114 valence electrons. The fourth-order valence-electron chi connectivity index (χ4n) is 3.39. The Kier molecular flexibility index (Phi) is 2.71. The minimum Gasteiger partial charge on any atom is -0.349 e. The first-order valence-electron chi connectivity index (χ1n) is 7.21. The number of rotatable bonds is 0. The van der Waals surface area contributed by atoms with Crippen molar-refractivity contribution in [3.05, 3.63) is 58.7 Å². The van der Waals surface area contributed by atoms with E-state index in [0.29, 0.717) is 6.54 Å². The zero-order chi connectivity index (χ0) is 15.5. The summed E-state index contributed by atoms with van der Waals surface area (Å²) in [5.74, 6) is 0. The van der Waals surface area contributed by atoms with E-state index in [0.717, 1.165) is 30.2 Å². The summed E-state index contributed by atoms with van der Waals surface area (Å²) in [6.45, 7) is 4.05. The van der Waals surface area contributed by atoms with Crippen LogP contribution in [0.5, 0.6) is 0 Å². The normalized spacial score (nSPS) is 16.4. The Morgan fingerprint density at radius 1 is 0.864 bits per heavy atom. The van der Waals surface area contributed by atoms with E-state index in [1.54, 1.807) is 6.07 Å². The van der Waals surface area contributed by atoms with Gasteiger partial charge in [-0.3, -0.25) is 0 Å². The summed E-state index contributed by atoms with van der Waals surface area (Å²) in [7, 11) is 0. The molecular formula is C17H15F3N2. The molecule has 0 spiro atoms. The molecule has 5 heteroatoms. The van der Waals surface area contributed by atoms with Crippen molar-refractivity contribution in [1.29, 1.82) is 0 Å². The Balaban J connectivity index is 1.77. The number of fused-ring (bicyclic) bond motifs is 6. The van der Waals surface area contributed by atoms with E-state index in [9.17, 15) is 13.2 Å². The molecule has 0 N–H and O–H groups in total. The molecule has 2 aromatic rings. The summed E-state index contributed by atoms with van der Waals surface area (Å²) in [4.78, 5) is 4.28. The lowest BCUT2D eigenvalue weighted by Crippen LogP contribution is -2.46. The van der Waals surface area contributed by atoms with Crippen LogP contribution in [-0.4, -0.2) is 6.67 Å². The van der Waals surface area contributed by atoms with Crippen LogP contribution < -0.4 is 9.80 Å². The molecule has 0 fully saturated rings. The molecule has 22 heavy (non-hydrogen) atoms. The number of hydrogen-bond acceptors (Lipinski definition) is 2. The van der Waals surface area contributed by atoms with Crippen molar-refractivity contribution in [2.45, 2.75) is 26.2 Å². The van der Waals surface area contributed by atoms with Gasteiger partial charge in [-0.2, -0.15) is 13.2 Å². The molecule has 2 heterocycles. The van der Waals surface area contributed by atoms with Gasteiger partial charge in [0, 0.05) is 24.5 Å². The molecule has 2 aromatic carbocycles. The Labute approximate surface area is 126 Å². The monoisotopic (exact) mass is 304 g/mol. The van der Waals surface area contributed by atoms with Crippen molar-refractivity contribution in [1.82, 2.24) is 0 Å². The summed E-state index contributed by atoms with van der Waals surface area (Å²) < 4.78 is 38.7. The molecule has 2 aliphatic heterocycles. The second kappa shape index (κ2) is 4.41. The van der Waals surface area contributed by atoms with E-state index in [1.165, 1.54) is 23.3 Å². The van der Waals surface area contributed by atoms with Gasteiger partial charge in [-0.05, 0) is 42.3 Å². The van der Waals surface area contributed by atoms with Crippen LogP contribution in [0.3, 0.4) is 0 Å². The standard InChI is InChI=1S/C17H15F3N2/c1-11-2-4-15-12(6-11)8-21-10-22(15)9-13-7-14(17(18,19)20)3-5-16(13)21/h2-7H,8-10H2,1H3. The number of hydrogen-bond donors (Lipinski definition) is 0. The number of halogens is 3. The first kappa shape index (κ1) is 13.5. The van der Waals surface area contributed by atoms with E-state index in [1.807, 2.05) is 0 Å². The van der Waals surface area contributed by atoms with Crippen molar-refractivity contribution in [2.75, 3.05) is 16.5 Å². The summed E-state index contributed by atoms with van der Waals surface area (Å²) >= 11 is 0. The molecule has 0 saturated heterocycles. The molecule has 0 radical (unpaired) electrons. The number of nitrogens with zero attached hydrogens (tertiary/aromatic N) is 2. The zero-order valence-electron chi connectivity index (χ0n) is 12.1. The molecule has 0 unspecified atom stereocenters. The molecule has 4 rings (SSSR count). The Morgan fingerprint density at radius 3 is 2.09 bits per heavy atom. The third-order valence-corrected chi connectivity index (χ3v) is 4.39. The van der Waals surface area contributed by atoms with Gasteiger partial charge in [-0.1, -0.05) is 17.7 Å². The molecule has 0 saturated carbocycles. The predicted molar refractivity (Wildman–Crippen MR) is 79.9 cm³/mol. The number of benzene rings is 2. The van der Waals surface area contributed by atoms with E-state index in [4.69, 9.17) is 0 Å². The molecule has 0 aliphatic carbocycles. The lowest BCUT2D eigenvalue weighted by molar-refractivity contribution is -0.137. The maximum Gasteiger partial charge on any atom is 0.416 e. The maximum atomic E-state index is 12.9. The van der Waals surface area contributed by atoms with Gasteiger partial charge in [0.15, 0.2) is 0 Å². The van der Waals surface area contributed by atoms with Crippen molar-refractivity contribution in [3.8, 4) is 0 Å². The Hall–Kier alpha value is -2.17. The highest BCUT2D eigenvalue weighted by atomic mass is 19.4. The van der Waals surface area contributed by atoms with Gasteiger partial charge in [-0.25, -0.2) is 0 Å². The van der Waals surface area contributed by atoms with Crippen molar-refractivity contribution in [2.24, 2.45) is 0 Å². The van der Waals surface area contributed by atoms with Crippen LogP contribution in [-0.2, 0) is 19.3 Å². The third-order valence-electron chi connectivity index (χ3n) is 4.39. The second-order valence-corrected chi connectivity index (χ2v) is 6.01. The molecule has 2 bridgehead atoms. The summed E-state index contributed by atoms with van der Waals surface area (Å²) in [6, 6.07) is 10.4. The van der Waals surface area contributed by atoms with Gasteiger partial charge in [0.25, 0.3) is 0 Å². The van der Waals surface area contributed by atoms with Gasteiger partial charge in [0.1, 0.15) is 0 Å². The number of aryl methyl sites for hydroxylation is 1. The second-order valence-electron chi connectivity index (χ2n) is 6.01.